The summed E-state index contributed by atoms with van der Waals surface area (Å²) in [7, 11) is 0. The van der Waals surface area contributed by atoms with Crippen LogP contribution in [0.3, 0.4) is 0 Å². The summed E-state index contributed by atoms with van der Waals surface area (Å²) in [6, 6.07) is 6.58. The molecule has 2 rings (SSSR count). The average Bonchev–Trinajstić information content (AvgIpc) is 2.54. The molecule has 1 amide bonds. The van der Waals surface area contributed by atoms with Crippen LogP contribution < -0.4 is 0 Å². The first-order chi connectivity index (χ1) is 9.43. The van der Waals surface area contributed by atoms with Crippen LogP contribution in [0.25, 0.3) is 0 Å². The van der Waals surface area contributed by atoms with Crippen molar-refractivity contribution in [3.8, 4) is 6.07 Å². The molecule has 0 spiro atoms. The van der Waals surface area contributed by atoms with Crippen molar-refractivity contribution in [3.05, 3.63) is 35.1 Å². The van der Waals surface area contributed by atoms with Gasteiger partial charge >= 0.3 is 0 Å². The molecule has 1 fully saturated rings. The molecular weight excluding hydrogens is 255 g/mol. The van der Waals surface area contributed by atoms with Crippen molar-refractivity contribution in [2.24, 2.45) is 5.41 Å². The lowest BCUT2D eigenvalue weighted by Gasteiger charge is -2.23. The molecule has 0 bridgehead atoms. The molecule has 0 N–H and O–H groups in total. The molecule has 0 aromatic heterocycles. The molecule has 0 radical (unpaired) electrons. The van der Waals surface area contributed by atoms with E-state index in [-0.39, 0.29) is 23.4 Å². The summed E-state index contributed by atoms with van der Waals surface area (Å²) in [6.07, 6.45) is 2.29. The van der Waals surface area contributed by atoms with Gasteiger partial charge in [-0.25, -0.2) is 4.39 Å². The fraction of sp³-hybridized carbons (Fsp3) is 0.500. The summed E-state index contributed by atoms with van der Waals surface area (Å²) >= 11 is 0. The van der Waals surface area contributed by atoms with Gasteiger partial charge in [0.2, 0.25) is 5.91 Å². The van der Waals surface area contributed by atoms with E-state index in [4.69, 9.17) is 5.26 Å². The predicted molar refractivity (Wildman–Crippen MR) is 74.2 cm³/mol. The number of amides is 1. The van der Waals surface area contributed by atoms with Crippen molar-refractivity contribution in [2.75, 3.05) is 6.54 Å². The van der Waals surface area contributed by atoms with Gasteiger partial charge in [-0.2, -0.15) is 5.26 Å². The van der Waals surface area contributed by atoms with Crippen molar-refractivity contribution >= 4 is 5.91 Å². The number of halogens is 1. The predicted octanol–water partition coefficient (Wildman–Crippen LogP) is 3.24. The van der Waals surface area contributed by atoms with Gasteiger partial charge in [0.25, 0.3) is 0 Å². The Bertz CT molecular complexity index is 560. The number of benzene rings is 1. The van der Waals surface area contributed by atoms with E-state index in [1.54, 1.807) is 17.0 Å². The van der Waals surface area contributed by atoms with E-state index in [0.717, 1.165) is 12.8 Å². The molecule has 0 unspecified atom stereocenters. The van der Waals surface area contributed by atoms with Crippen molar-refractivity contribution in [1.82, 2.24) is 4.90 Å². The number of hydrogen-bond acceptors (Lipinski definition) is 2. The SMILES string of the molecule is CC1(C)CCC(=O)N(Cc2cccc(C#N)c2F)CC1. The summed E-state index contributed by atoms with van der Waals surface area (Å²) in [5.41, 5.74) is 0.597. The third kappa shape index (κ3) is 3.16. The molecule has 1 aliphatic heterocycles. The lowest BCUT2D eigenvalue weighted by atomic mass is 9.85. The number of likely N-dealkylation sites (tertiary alicyclic amines) is 1. The molecule has 106 valence electrons. The zero-order valence-electron chi connectivity index (χ0n) is 11.9. The maximum atomic E-state index is 14.0. The largest absolute Gasteiger partial charge is 0.338 e. The fourth-order valence-electron chi connectivity index (χ4n) is 2.45. The van der Waals surface area contributed by atoms with Crippen molar-refractivity contribution in [1.29, 1.82) is 5.26 Å². The number of nitrogens with zero attached hydrogens (tertiary/aromatic N) is 2. The highest BCUT2D eigenvalue weighted by Crippen LogP contribution is 2.31. The molecule has 3 nitrogen and oxygen atoms in total. The minimum absolute atomic E-state index is 0.0325. The van der Waals surface area contributed by atoms with Crippen LogP contribution in [0.1, 0.15) is 44.2 Å². The maximum Gasteiger partial charge on any atom is 0.222 e. The highest BCUT2D eigenvalue weighted by atomic mass is 19.1. The molecule has 1 saturated heterocycles. The van der Waals surface area contributed by atoms with Crippen LogP contribution in [0.4, 0.5) is 4.39 Å². The molecule has 1 heterocycles. The lowest BCUT2D eigenvalue weighted by Crippen LogP contribution is -2.30. The van der Waals surface area contributed by atoms with E-state index in [9.17, 15) is 9.18 Å². The molecule has 4 heteroatoms. The third-order valence-electron chi connectivity index (χ3n) is 3.99. The quantitative estimate of drug-likeness (QED) is 0.831. The van der Waals surface area contributed by atoms with Crippen LogP contribution in [0.5, 0.6) is 0 Å². The Labute approximate surface area is 119 Å². The Hall–Kier alpha value is -1.89. The Kier molecular flexibility index (Phi) is 4.08. The van der Waals surface area contributed by atoms with E-state index in [2.05, 4.69) is 13.8 Å². The van der Waals surface area contributed by atoms with Gasteiger partial charge in [-0.05, 0) is 24.3 Å². The Balaban J connectivity index is 2.17. The van der Waals surface area contributed by atoms with Gasteiger partial charge in [-0.3, -0.25) is 4.79 Å². The van der Waals surface area contributed by atoms with Crippen molar-refractivity contribution in [3.63, 3.8) is 0 Å². The maximum absolute atomic E-state index is 14.0. The first-order valence-corrected chi connectivity index (χ1v) is 6.88. The summed E-state index contributed by atoms with van der Waals surface area (Å²) in [5.74, 6) is -0.441. The summed E-state index contributed by atoms with van der Waals surface area (Å²) < 4.78 is 14.0. The van der Waals surface area contributed by atoms with Crippen LogP contribution >= 0.6 is 0 Å². The van der Waals surface area contributed by atoms with Crippen molar-refractivity contribution in [2.45, 2.75) is 39.7 Å². The second kappa shape index (κ2) is 5.62. The summed E-state index contributed by atoms with van der Waals surface area (Å²) in [5, 5.41) is 8.84. The van der Waals surface area contributed by atoms with Crippen LogP contribution in [-0.2, 0) is 11.3 Å². The van der Waals surface area contributed by atoms with E-state index in [0.29, 0.717) is 18.5 Å². The molecule has 1 aliphatic rings. The number of carbonyl (C=O) groups is 1. The van der Waals surface area contributed by atoms with E-state index >= 15 is 0 Å². The Morgan fingerprint density at radius 2 is 2.15 bits per heavy atom. The minimum Gasteiger partial charge on any atom is -0.338 e. The third-order valence-corrected chi connectivity index (χ3v) is 3.99. The first-order valence-electron chi connectivity index (χ1n) is 6.88. The van der Waals surface area contributed by atoms with Crippen LogP contribution in [0.2, 0.25) is 0 Å². The summed E-state index contributed by atoms with van der Waals surface area (Å²) in [6.45, 7) is 5.19. The zero-order chi connectivity index (χ0) is 14.8. The second-order valence-corrected chi connectivity index (χ2v) is 6.12. The van der Waals surface area contributed by atoms with E-state index < -0.39 is 5.82 Å². The fourth-order valence-corrected chi connectivity index (χ4v) is 2.45. The number of rotatable bonds is 2. The molecular formula is C16H19FN2O. The minimum atomic E-state index is -0.508. The highest BCUT2D eigenvalue weighted by molar-refractivity contribution is 5.76. The Morgan fingerprint density at radius 3 is 2.85 bits per heavy atom. The second-order valence-electron chi connectivity index (χ2n) is 6.12. The Morgan fingerprint density at radius 1 is 1.40 bits per heavy atom. The average molecular weight is 274 g/mol. The number of nitriles is 1. The lowest BCUT2D eigenvalue weighted by molar-refractivity contribution is -0.131. The molecule has 1 aromatic carbocycles. The van der Waals surface area contributed by atoms with Gasteiger partial charge in [0.05, 0.1) is 5.56 Å². The monoisotopic (exact) mass is 274 g/mol. The van der Waals surface area contributed by atoms with Gasteiger partial charge in [-0.1, -0.05) is 26.0 Å². The normalized spacial score (nSPS) is 18.5. The van der Waals surface area contributed by atoms with Gasteiger partial charge in [0.15, 0.2) is 0 Å². The van der Waals surface area contributed by atoms with Crippen LogP contribution in [0, 0.1) is 22.6 Å². The summed E-state index contributed by atoms with van der Waals surface area (Å²) in [4.78, 5) is 13.8. The van der Waals surface area contributed by atoms with E-state index in [1.165, 1.54) is 6.07 Å². The topological polar surface area (TPSA) is 44.1 Å². The molecule has 1 aromatic rings. The van der Waals surface area contributed by atoms with Crippen molar-refractivity contribution < 1.29 is 9.18 Å². The standard InChI is InChI=1S/C16H19FN2O/c1-16(2)7-6-14(20)19(9-8-16)11-13-5-3-4-12(10-18)15(13)17/h3-5H,6-9,11H2,1-2H3. The smallest absolute Gasteiger partial charge is 0.222 e. The first kappa shape index (κ1) is 14.5. The highest BCUT2D eigenvalue weighted by Gasteiger charge is 2.27. The molecule has 0 saturated carbocycles. The van der Waals surface area contributed by atoms with Crippen LogP contribution in [-0.4, -0.2) is 17.4 Å². The van der Waals surface area contributed by atoms with E-state index in [1.807, 2.05) is 6.07 Å². The number of hydrogen-bond donors (Lipinski definition) is 0. The van der Waals surface area contributed by atoms with Crippen LogP contribution in [0.15, 0.2) is 18.2 Å². The molecule has 0 atom stereocenters. The molecule has 20 heavy (non-hydrogen) atoms. The van der Waals surface area contributed by atoms with Gasteiger partial charge in [0.1, 0.15) is 11.9 Å². The zero-order valence-corrected chi connectivity index (χ0v) is 11.9. The van der Waals surface area contributed by atoms with Gasteiger partial charge < -0.3 is 4.90 Å². The van der Waals surface area contributed by atoms with Gasteiger partial charge in [-0.15, -0.1) is 0 Å². The molecule has 0 aliphatic carbocycles. The van der Waals surface area contributed by atoms with Gasteiger partial charge in [0, 0.05) is 25.1 Å². The number of carbonyl (C=O) groups excluding carboxylic acids is 1.